The summed E-state index contributed by atoms with van der Waals surface area (Å²) in [5.41, 5.74) is -0.295. The number of hydrogen-bond acceptors (Lipinski definition) is 13. The van der Waals surface area contributed by atoms with Crippen LogP contribution >= 0.6 is 23.4 Å². The van der Waals surface area contributed by atoms with E-state index in [-0.39, 0.29) is 23.3 Å². The Hall–Kier alpha value is -5.81. The number of rotatable bonds is 19. The molecule has 4 aliphatic rings. The third kappa shape index (κ3) is 15.1. The highest BCUT2D eigenvalue weighted by molar-refractivity contribution is 7.99. The van der Waals surface area contributed by atoms with E-state index in [0.29, 0.717) is 93.2 Å². The number of nitrogens with zero attached hydrogens (tertiary/aromatic N) is 4. The number of piperidine rings is 1. The molecular formula is C59H66ClF4N7O7S3. The number of sulfone groups is 1. The van der Waals surface area contributed by atoms with Crippen molar-refractivity contribution in [1.29, 1.82) is 0 Å². The Morgan fingerprint density at radius 3 is 2.14 bits per heavy atom. The summed E-state index contributed by atoms with van der Waals surface area (Å²) in [5.74, 6) is -2.62. The van der Waals surface area contributed by atoms with E-state index in [9.17, 15) is 44.4 Å². The lowest BCUT2D eigenvalue weighted by atomic mass is 9.73. The molecule has 81 heavy (non-hydrogen) atoms. The zero-order chi connectivity index (χ0) is 57.7. The topological polar surface area (TPSA) is 169 Å². The van der Waals surface area contributed by atoms with Crippen molar-refractivity contribution in [3.63, 3.8) is 0 Å². The predicted molar refractivity (Wildman–Crippen MR) is 308 cm³/mol. The Balaban J connectivity index is 0.830. The van der Waals surface area contributed by atoms with Gasteiger partial charge in [-0.25, -0.2) is 25.9 Å². The first-order valence-corrected chi connectivity index (χ1v) is 31.4. The summed E-state index contributed by atoms with van der Waals surface area (Å²) in [4.78, 5) is 45.1. The SMILES string of the molecule is CC1(C)CCC(c2ccc(Cl)cc2)=C(CN2CCN(c3ccc(C(=O)NS(=O)(=O)c4ccc(N[C@H](CCN5CCN(Cc6ccc(C7CCC(=O)NC7=O)cc6F)CC5)CSc5ccccc5)c(S(=O)(=O)C(F)(F)F)c4)cc3)CC2)C1. The molecule has 3 amide bonds. The molecule has 3 fully saturated rings. The summed E-state index contributed by atoms with van der Waals surface area (Å²) < 4.78 is 115. The molecule has 5 aromatic rings. The van der Waals surface area contributed by atoms with Gasteiger partial charge in [-0.3, -0.25) is 29.5 Å². The van der Waals surface area contributed by atoms with Crippen LogP contribution in [0.3, 0.4) is 0 Å². The number of carbonyl (C=O) groups is 3. The van der Waals surface area contributed by atoms with Gasteiger partial charge in [-0.05, 0) is 127 Å². The molecule has 5 aromatic carbocycles. The summed E-state index contributed by atoms with van der Waals surface area (Å²) in [6, 6.07) is 30.1. The van der Waals surface area contributed by atoms with E-state index < -0.39 is 70.4 Å². The van der Waals surface area contributed by atoms with E-state index in [1.165, 1.54) is 46.7 Å². The summed E-state index contributed by atoms with van der Waals surface area (Å²) in [5, 5.41) is 6.02. The van der Waals surface area contributed by atoms with Gasteiger partial charge in [-0.2, -0.15) is 13.2 Å². The van der Waals surface area contributed by atoms with E-state index in [1.54, 1.807) is 24.3 Å². The molecule has 22 heteroatoms. The van der Waals surface area contributed by atoms with Crippen molar-refractivity contribution in [3.8, 4) is 0 Å². The standard InChI is InChI=1S/C59H66ClF4N7O7S3/c1-58(2)24-22-50(40-10-14-45(60)15-11-40)44(36-58)38-70-30-32-71(33-31-70)47-16-12-41(13-17-47)56(73)67-81(77,78)49-18-20-53(54(35-49)80(75,76)59(62,63)64)65-46(39-79-48-6-4-3-5-7-48)23-25-68-26-28-69(29-27-68)37-43-9-8-42(34-52(43)61)51-19-21-55(72)66-57(51)74/h3-18,20,34-35,46,51,65H,19,21-33,36-39H2,1-2H3,(H,67,73)(H,66,72,74)/t46-,51?/m1/s1. The average Bonchev–Trinajstić information content (AvgIpc) is 3.43. The molecule has 0 aromatic heterocycles. The van der Waals surface area contributed by atoms with E-state index in [1.807, 2.05) is 47.2 Å². The largest absolute Gasteiger partial charge is 0.501 e. The van der Waals surface area contributed by atoms with Gasteiger partial charge >= 0.3 is 5.51 Å². The second-order valence-electron chi connectivity index (χ2n) is 22.0. The van der Waals surface area contributed by atoms with Gasteiger partial charge in [0.2, 0.25) is 11.8 Å². The lowest BCUT2D eigenvalue weighted by molar-refractivity contribution is -0.134. The molecule has 432 valence electrons. The van der Waals surface area contributed by atoms with Gasteiger partial charge in [-0.15, -0.1) is 11.8 Å². The quantitative estimate of drug-likeness (QED) is 0.0406. The van der Waals surface area contributed by atoms with E-state index >= 15 is 4.39 Å². The number of amides is 3. The van der Waals surface area contributed by atoms with Crippen LogP contribution in [0.25, 0.3) is 5.57 Å². The molecule has 14 nitrogen and oxygen atoms in total. The molecule has 0 spiro atoms. The third-order valence-electron chi connectivity index (χ3n) is 15.7. The number of thioether (sulfide) groups is 1. The van der Waals surface area contributed by atoms with E-state index in [0.717, 1.165) is 61.6 Å². The van der Waals surface area contributed by atoms with Crippen molar-refractivity contribution >= 4 is 77.9 Å². The van der Waals surface area contributed by atoms with Crippen molar-refractivity contribution in [1.82, 2.24) is 24.7 Å². The summed E-state index contributed by atoms with van der Waals surface area (Å²) in [7, 11) is -11.1. The lowest BCUT2D eigenvalue weighted by Crippen LogP contribution is -2.47. The molecule has 3 N–H and O–H groups in total. The number of piperazine rings is 2. The molecule has 0 radical (unpaired) electrons. The molecule has 3 heterocycles. The monoisotopic (exact) mass is 1190 g/mol. The number of sulfonamides is 1. The number of carbonyl (C=O) groups excluding carboxylic acids is 3. The fourth-order valence-electron chi connectivity index (χ4n) is 11.0. The van der Waals surface area contributed by atoms with Gasteiger partial charge < -0.3 is 15.1 Å². The summed E-state index contributed by atoms with van der Waals surface area (Å²) in [6.07, 6.45) is 3.94. The number of imide groups is 1. The molecule has 3 saturated heterocycles. The Morgan fingerprint density at radius 2 is 1.47 bits per heavy atom. The lowest BCUT2D eigenvalue weighted by Gasteiger charge is -2.39. The Bertz CT molecular complexity index is 3360. The van der Waals surface area contributed by atoms with Gasteiger partial charge in [0.25, 0.3) is 25.8 Å². The number of benzene rings is 5. The fourth-order valence-corrected chi connectivity index (χ4v) is 14.1. The first-order chi connectivity index (χ1) is 38.5. The van der Waals surface area contributed by atoms with Crippen LogP contribution in [0.2, 0.25) is 5.02 Å². The minimum absolute atomic E-state index is 0.0312. The van der Waals surface area contributed by atoms with Gasteiger partial charge in [-0.1, -0.05) is 73.5 Å². The van der Waals surface area contributed by atoms with Crippen molar-refractivity contribution in [3.05, 3.63) is 154 Å². The highest BCUT2D eigenvalue weighted by Gasteiger charge is 2.48. The molecule has 2 atom stereocenters. The van der Waals surface area contributed by atoms with Crippen LogP contribution in [0.4, 0.5) is 28.9 Å². The molecule has 0 saturated carbocycles. The zero-order valence-electron chi connectivity index (χ0n) is 45.1. The van der Waals surface area contributed by atoms with E-state index in [4.69, 9.17) is 11.6 Å². The normalized spacial score (nSPS) is 19.3. The maximum atomic E-state index is 15.4. The Morgan fingerprint density at radius 1 is 0.802 bits per heavy atom. The molecule has 1 unspecified atom stereocenters. The van der Waals surface area contributed by atoms with Gasteiger partial charge in [0, 0.05) is 117 Å². The summed E-state index contributed by atoms with van der Waals surface area (Å²) in [6.45, 7) is 11.6. The first kappa shape index (κ1) is 59.8. The summed E-state index contributed by atoms with van der Waals surface area (Å²) >= 11 is 7.61. The van der Waals surface area contributed by atoms with Crippen molar-refractivity contribution in [2.75, 3.05) is 81.4 Å². The molecular weight excluding hydrogens is 1130 g/mol. The van der Waals surface area contributed by atoms with Crippen LogP contribution in [0, 0.1) is 11.2 Å². The molecule has 3 aliphatic heterocycles. The number of anilines is 2. The maximum Gasteiger partial charge on any atom is 0.501 e. The van der Waals surface area contributed by atoms with Gasteiger partial charge in [0.15, 0.2) is 0 Å². The molecule has 9 rings (SSSR count). The third-order valence-corrected chi connectivity index (χ3v) is 19.9. The minimum atomic E-state index is -6.15. The zero-order valence-corrected chi connectivity index (χ0v) is 48.3. The second kappa shape index (κ2) is 25.4. The number of hydrogen-bond donors (Lipinski definition) is 3. The number of allylic oxidation sites excluding steroid dienone is 1. The number of halogens is 5. The first-order valence-electron chi connectivity index (χ1n) is 27.1. The number of alkyl halides is 3. The van der Waals surface area contributed by atoms with Crippen LogP contribution < -0.4 is 20.3 Å². The van der Waals surface area contributed by atoms with Crippen LogP contribution in [-0.2, 0) is 36.0 Å². The Labute approximate surface area is 480 Å². The molecule has 1 aliphatic carbocycles. The maximum absolute atomic E-state index is 15.4. The minimum Gasteiger partial charge on any atom is -0.380 e. The van der Waals surface area contributed by atoms with Gasteiger partial charge in [0.1, 0.15) is 10.7 Å². The van der Waals surface area contributed by atoms with Crippen molar-refractivity contribution < 1.29 is 48.8 Å². The average molecular weight is 1190 g/mol. The Kier molecular flexibility index (Phi) is 18.7. The van der Waals surface area contributed by atoms with Crippen LogP contribution in [0.5, 0.6) is 0 Å². The fraction of sp³-hybridized carbons (Fsp3) is 0.407. The molecule has 0 bridgehead atoms. The van der Waals surface area contributed by atoms with Crippen LogP contribution in [-0.4, -0.2) is 132 Å². The van der Waals surface area contributed by atoms with E-state index in [2.05, 4.69) is 56.2 Å². The van der Waals surface area contributed by atoms with Crippen LogP contribution in [0.15, 0.2) is 136 Å². The van der Waals surface area contributed by atoms with Crippen molar-refractivity contribution in [2.24, 2.45) is 5.41 Å². The number of nitrogens with one attached hydrogen (secondary N) is 3. The highest BCUT2D eigenvalue weighted by Crippen LogP contribution is 2.43. The smallest absolute Gasteiger partial charge is 0.380 e. The van der Waals surface area contributed by atoms with Crippen molar-refractivity contribution in [2.45, 2.75) is 91.1 Å². The van der Waals surface area contributed by atoms with Gasteiger partial charge in [0.05, 0.1) is 16.5 Å². The highest BCUT2D eigenvalue weighted by atomic mass is 35.5. The van der Waals surface area contributed by atoms with Crippen LogP contribution in [0.1, 0.15) is 85.3 Å². The second-order valence-corrected chi connectivity index (χ2v) is 27.1. The predicted octanol–water partition coefficient (Wildman–Crippen LogP) is 9.98.